The van der Waals surface area contributed by atoms with Crippen LogP contribution >= 0.6 is 0 Å². The maximum atomic E-state index is 14.6. The summed E-state index contributed by atoms with van der Waals surface area (Å²) in [7, 11) is 1.34. The molecule has 3 atom stereocenters. The van der Waals surface area contributed by atoms with Gasteiger partial charge < -0.3 is 18.9 Å². The average Bonchev–Trinajstić information content (AvgIpc) is 3.59. The number of hydrogen-bond donors (Lipinski definition) is 0. The van der Waals surface area contributed by atoms with Crippen molar-refractivity contribution in [3.63, 3.8) is 0 Å². The Morgan fingerprint density at radius 1 is 1.11 bits per heavy atom. The van der Waals surface area contributed by atoms with Crippen LogP contribution in [0.1, 0.15) is 71.9 Å². The zero-order valence-electron chi connectivity index (χ0n) is 20.7. The van der Waals surface area contributed by atoms with E-state index in [1.807, 2.05) is 6.92 Å². The second-order valence-corrected chi connectivity index (χ2v) is 10.1. The van der Waals surface area contributed by atoms with Crippen molar-refractivity contribution in [1.82, 2.24) is 15.1 Å². The molecule has 10 heteroatoms. The van der Waals surface area contributed by atoms with E-state index >= 15 is 0 Å². The number of aromatic nitrogens is 3. The van der Waals surface area contributed by atoms with Gasteiger partial charge >= 0.3 is 5.97 Å². The van der Waals surface area contributed by atoms with Gasteiger partial charge in [-0.15, -0.1) is 0 Å². The quantitative estimate of drug-likeness (QED) is 0.406. The van der Waals surface area contributed by atoms with E-state index in [2.05, 4.69) is 20.0 Å². The van der Waals surface area contributed by atoms with Crippen molar-refractivity contribution in [1.29, 1.82) is 0 Å². The summed E-state index contributed by atoms with van der Waals surface area (Å²) in [5.74, 6) is -0.407. The van der Waals surface area contributed by atoms with Crippen molar-refractivity contribution in [2.45, 2.75) is 76.2 Å². The summed E-state index contributed by atoms with van der Waals surface area (Å²) >= 11 is 0. The number of ether oxygens (including phenoxy) is 2. The van der Waals surface area contributed by atoms with Crippen molar-refractivity contribution >= 4 is 11.9 Å². The van der Waals surface area contributed by atoms with Gasteiger partial charge in [0.1, 0.15) is 23.1 Å². The molecule has 3 aromatic rings. The van der Waals surface area contributed by atoms with Crippen LogP contribution in [0.2, 0.25) is 0 Å². The molecule has 3 aliphatic rings. The molecule has 0 radical (unpaired) electrons. The topological polar surface area (TPSA) is 90.6 Å². The number of aryl methyl sites for hydroxylation is 1. The van der Waals surface area contributed by atoms with E-state index in [0.29, 0.717) is 23.0 Å². The molecule has 1 aliphatic carbocycles. The molecular weight excluding hydrogens is 482 g/mol. The van der Waals surface area contributed by atoms with Crippen molar-refractivity contribution in [2.75, 3.05) is 12.0 Å². The Labute approximate surface area is 213 Å². The lowest BCUT2D eigenvalue weighted by molar-refractivity contribution is 0.0144. The minimum absolute atomic E-state index is 0.0427. The molecule has 2 unspecified atom stereocenters. The van der Waals surface area contributed by atoms with Gasteiger partial charge in [-0.1, -0.05) is 11.2 Å². The van der Waals surface area contributed by atoms with E-state index in [0.717, 1.165) is 38.5 Å². The van der Waals surface area contributed by atoms with Gasteiger partial charge in [-0.2, -0.15) is 0 Å². The lowest BCUT2D eigenvalue weighted by Crippen LogP contribution is -2.46. The smallest absolute Gasteiger partial charge is 0.356 e. The van der Waals surface area contributed by atoms with Gasteiger partial charge in [0, 0.05) is 29.3 Å². The minimum atomic E-state index is -0.673. The van der Waals surface area contributed by atoms with Crippen LogP contribution in [0.5, 0.6) is 0 Å². The second kappa shape index (κ2) is 9.48. The Hall–Kier alpha value is -3.40. The number of anilines is 1. The molecule has 0 spiro atoms. The second-order valence-electron chi connectivity index (χ2n) is 10.1. The van der Waals surface area contributed by atoms with E-state index in [1.54, 1.807) is 6.07 Å². The molecule has 2 aliphatic heterocycles. The predicted molar refractivity (Wildman–Crippen MR) is 129 cm³/mol. The highest BCUT2D eigenvalue weighted by Gasteiger charge is 2.43. The van der Waals surface area contributed by atoms with Crippen molar-refractivity contribution in [2.24, 2.45) is 0 Å². The highest BCUT2D eigenvalue weighted by molar-refractivity contribution is 5.87. The third kappa shape index (κ3) is 4.47. The third-order valence-electron chi connectivity index (χ3n) is 7.59. The highest BCUT2D eigenvalue weighted by Crippen LogP contribution is 2.45. The fourth-order valence-electron chi connectivity index (χ4n) is 5.72. The molecule has 1 saturated carbocycles. The average molecular weight is 511 g/mol. The molecule has 1 aromatic carbocycles. The van der Waals surface area contributed by atoms with Gasteiger partial charge in [-0.05, 0) is 63.6 Å². The Balaban J connectivity index is 1.21. The SMILES string of the molecule is COC(=O)c1cc(C)nc(N2C3CC[C@H]2CC(OCc2c(-c4c(F)cccc4F)noc2C2CC2)C3)n1. The van der Waals surface area contributed by atoms with Crippen LogP contribution in [0.25, 0.3) is 11.3 Å². The molecule has 2 aromatic heterocycles. The number of nitrogens with zero attached hydrogens (tertiary/aromatic N) is 4. The fourth-order valence-corrected chi connectivity index (χ4v) is 5.72. The van der Waals surface area contributed by atoms with Gasteiger partial charge in [0.25, 0.3) is 0 Å². The maximum absolute atomic E-state index is 14.6. The number of carbonyl (C=O) groups excluding carboxylic acids is 1. The van der Waals surface area contributed by atoms with Gasteiger partial charge in [0.2, 0.25) is 5.95 Å². The molecule has 2 saturated heterocycles. The van der Waals surface area contributed by atoms with Crippen LogP contribution in [0.15, 0.2) is 28.8 Å². The van der Waals surface area contributed by atoms with Crippen LogP contribution in [-0.2, 0) is 16.1 Å². The van der Waals surface area contributed by atoms with Crippen molar-refractivity contribution in [3.8, 4) is 11.3 Å². The third-order valence-corrected chi connectivity index (χ3v) is 7.59. The van der Waals surface area contributed by atoms with Crippen molar-refractivity contribution in [3.05, 3.63) is 58.6 Å². The largest absolute Gasteiger partial charge is 0.464 e. The number of hydrogen-bond acceptors (Lipinski definition) is 8. The molecule has 6 rings (SSSR count). The van der Waals surface area contributed by atoms with Crippen LogP contribution < -0.4 is 4.90 Å². The van der Waals surface area contributed by atoms with Gasteiger partial charge in [-0.25, -0.2) is 23.5 Å². The van der Waals surface area contributed by atoms with E-state index in [1.165, 1.54) is 25.3 Å². The van der Waals surface area contributed by atoms with Gasteiger partial charge in [0.15, 0.2) is 5.69 Å². The normalized spacial score (nSPS) is 22.9. The van der Waals surface area contributed by atoms with Crippen LogP contribution in [0, 0.1) is 18.6 Å². The summed E-state index contributed by atoms with van der Waals surface area (Å²) in [6.45, 7) is 2.01. The Morgan fingerprint density at radius 3 is 2.46 bits per heavy atom. The molecule has 0 amide bonds. The van der Waals surface area contributed by atoms with Gasteiger partial charge in [0.05, 0.1) is 25.4 Å². The maximum Gasteiger partial charge on any atom is 0.356 e. The first-order chi connectivity index (χ1) is 17.9. The molecular formula is C27H28F2N4O4. The summed E-state index contributed by atoms with van der Waals surface area (Å²) in [6.07, 6.45) is 5.36. The Kier molecular flexibility index (Phi) is 6.14. The van der Waals surface area contributed by atoms with Gasteiger partial charge in [-0.3, -0.25) is 0 Å². The van der Waals surface area contributed by atoms with Crippen LogP contribution in [0.3, 0.4) is 0 Å². The minimum Gasteiger partial charge on any atom is -0.464 e. The zero-order valence-corrected chi connectivity index (χ0v) is 20.7. The molecule has 3 fully saturated rings. The number of halogens is 2. The number of esters is 1. The number of rotatable bonds is 7. The summed E-state index contributed by atoms with van der Waals surface area (Å²) in [5, 5.41) is 4.07. The van der Waals surface area contributed by atoms with E-state index < -0.39 is 17.6 Å². The first kappa shape index (κ1) is 24.0. The summed E-state index contributed by atoms with van der Waals surface area (Å²) in [6, 6.07) is 5.75. The van der Waals surface area contributed by atoms with E-state index in [9.17, 15) is 13.6 Å². The lowest BCUT2D eigenvalue weighted by Gasteiger charge is -2.39. The summed E-state index contributed by atoms with van der Waals surface area (Å²) in [4.78, 5) is 23.4. The molecule has 0 N–H and O–H groups in total. The summed E-state index contributed by atoms with van der Waals surface area (Å²) < 4.78 is 45.9. The molecule has 8 nitrogen and oxygen atoms in total. The monoisotopic (exact) mass is 510 g/mol. The lowest BCUT2D eigenvalue weighted by atomic mass is 9.99. The molecule has 2 bridgehead atoms. The van der Waals surface area contributed by atoms with E-state index in [4.69, 9.17) is 14.0 Å². The van der Waals surface area contributed by atoms with Crippen molar-refractivity contribution < 1.29 is 27.6 Å². The van der Waals surface area contributed by atoms with Crippen LogP contribution in [-0.4, -0.2) is 46.4 Å². The molecule has 37 heavy (non-hydrogen) atoms. The van der Waals surface area contributed by atoms with Crippen LogP contribution in [0.4, 0.5) is 14.7 Å². The first-order valence-corrected chi connectivity index (χ1v) is 12.7. The highest BCUT2D eigenvalue weighted by atomic mass is 19.1. The summed E-state index contributed by atoms with van der Waals surface area (Å²) in [5.41, 5.74) is 1.59. The number of benzene rings is 1. The number of carbonyl (C=O) groups is 1. The fraction of sp³-hybridized carbons (Fsp3) is 0.481. The molecule has 4 heterocycles. The number of methoxy groups -OCH3 is 1. The Morgan fingerprint density at radius 2 is 1.81 bits per heavy atom. The predicted octanol–water partition coefficient (Wildman–Crippen LogP) is 5.10. The number of fused-ring (bicyclic) bond motifs is 2. The zero-order chi connectivity index (χ0) is 25.7. The standard InChI is InChI=1S/C27H28F2N4O4/c1-14-10-22(26(34)35-2)31-27(30-14)33-16-8-9-17(33)12-18(11-16)36-13-19-24(32-37-25(19)15-6-7-15)23-20(28)4-3-5-21(23)29/h3-5,10,15-18H,6-9,11-13H2,1-2H3/t16-,17?,18?/m0/s1. The van der Waals surface area contributed by atoms with E-state index in [-0.39, 0.29) is 47.7 Å². The first-order valence-electron chi connectivity index (χ1n) is 12.7. The number of piperidine rings is 1. The molecule has 194 valence electrons. The Bertz CT molecular complexity index is 1310.